The molecule has 6 nitrogen and oxygen atoms in total. The van der Waals surface area contributed by atoms with Gasteiger partial charge >= 0.3 is 0 Å². The van der Waals surface area contributed by atoms with Gasteiger partial charge in [0.1, 0.15) is 0 Å². The Balaban J connectivity index is 1.80. The summed E-state index contributed by atoms with van der Waals surface area (Å²) in [5.41, 5.74) is 0.696. The number of anilines is 1. The van der Waals surface area contributed by atoms with E-state index in [4.69, 9.17) is 0 Å². The highest BCUT2D eigenvalue weighted by atomic mass is 32.1. The maximum atomic E-state index is 12.7. The molecule has 0 aromatic carbocycles. The molecule has 0 radical (unpaired) electrons. The molecule has 1 saturated heterocycles. The van der Waals surface area contributed by atoms with Crippen LogP contribution in [0.4, 0.5) is 5.69 Å². The molecule has 0 unspecified atom stereocenters. The van der Waals surface area contributed by atoms with Gasteiger partial charge < -0.3 is 10.2 Å². The van der Waals surface area contributed by atoms with Gasteiger partial charge in [-0.3, -0.25) is 14.3 Å². The van der Waals surface area contributed by atoms with E-state index in [0.29, 0.717) is 18.5 Å². The van der Waals surface area contributed by atoms with Gasteiger partial charge in [0.25, 0.3) is 0 Å². The molecule has 122 valence electrons. The fourth-order valence-corrected chi connectivity index (χ4v) is 3.93. The maximum Gasteiger partial charge on any atom is 0.230 e. The number of hydrogen-bond acceptors (Lipinski definition) is 4. The molecule has 0 saturated carbocycles. The van der Waals surface area contributed by atoms with Gasteiger partial charge in [0, 0.05) is 31.1 Å². The minimum atomic E-state index is -0.249. The Morgan fingerprint density at radius 2 is 2.35 bits per heavy atom. The zero-order valence-corrected chi connectivity index (χ0v) is 14.0. The number of amides is 2. The second-order valence-corrected chi connectivity index (χ2v) is 6.66. The summed E-state index contributed by atoms with van der Waals surface area (Å²) in [6.07, 6.45) is 4.44. The van der Waals surface area contributed by atoms with Crippen LogP contribution in [0.15, 0.2) is 29.9 Å². The highest BCUT2D eigenvalue weighted by Gasteiger charge is 2.39. The van der Waals surface area contributed by atoms with Crippen LogP contribution in [0.25, 0.3) is 0 Å². The van der Waals surface area contributed by atoms with Crippen molar-refractivity contribution in [1.29, 1.82) is 0 Å². The quantitative estimate of drug-likeness (QED) is 0.935. The monoisotopic (exact) mass is 332 g/mol. The third-order valence-electron chi connectivity index (χ3n) is 4.26. The van der Waals surface area contributed by atoms with Crippen molar-refractivity contribution in [1.82, 2.24) is 14.7 Å². The van der Waals surface area contributed by atoms with Crippen molar-refractivity contribution in [3.8, 4) is 0 Å². The largest absolute Gasteiger partial charge is 0.337 e. The zero-order valence-electron chi connectivity index (χ0n) is 13.2. The lowest BCUT2D eigenvalue weighted by Crippen LogP contribution is -2.44. The molecule has 23 heavy (non-hydrogen) atoms. The van der Waals surface area contributed by atoms with Crippen molar-refractivity contribution in [3.05, 3.63) is 34.8 Å². The molecule has 0 spiro atoms. The van der Waals surface area contributed by atoms with Crippen LogP contribution in [0.2, 0.25) is 0 Å². The summed E-state index contributed by atoms with van der Waals surface area (Å²) in [5, 5.41) is 9.08. The molecular formula is C16H20N4O2S. The summed E-state index contributed by atoms with van der Waals surface area (Å²) in [5.74, 6) is -0.217. The molecule has 2 amide bonds. The van der Waals surface area contributed by atoms with Gasteiger partial charge in [-0.25, -0.2) is 0 Å². The summed E-state index contributed by atoms with van der Waals surface area (Å²) in [6.45, 7) is 2.75. The predicted molar refractivity (Wildman–Crippen MR) is 89.1 cm³/mol. The SMILES string of the molecule is CCn1cc(NC(=O)[C@H]2CCC(=O)N(C)[C@H]2c2cccs2)cn1. The van der Waals surface area contributed by atoms with Crippen LogP contribution in [0.5, 0.6) is 0 Å². The molecule has 3 heterocycles. The molecule has 2 aromatic heterocycles. The Bertz CT molecular complexity index is 695. The number of nitrogens with one attached hydrogen (secondary N) is 1. The third-order valence-corrected chi connectivity index (χ3v) is 5.20. The van der Waals surface area contributed by atoms with Gasteiger partial charge in [0.05, 0.1) is 23.8 Å². The Morgan fingerprint density at radius 1 is 1.52 bits per heavy atom. The highest BCUT2D eigenvalue weighted by Crippen LogP contribution is 2.38. The van der Waals surface area contributed by atoms with Gasteiger partial charge in [0.2, 0.25) is 11.8 Å². The van der Waals surface area contributed by atoms with E-state index < -0.39 is 0 Å². The van der Waals surface area contributed by atoms with Gasteiger partial charge in [-0.1, -0.05) is 6.07 Å². The Kier molecular flexibility index (Phi) is 4.47. The first-order chi connectivity index (χ1) is 11.1. The van der Waals surface area contributed by atoms with E-state index >= 15 is 0 Å². The van der Waals surface area contributed by atoms with Crippen molar-refractivity contribution in [2.45, 2.75) is 32.4 Å². The molecule has 2 aromatic rings. The molecule has 2 atom stereocenters. The molecular weight excluding hydrogens is 312 g/mol. The van der Waals surface area contributed by atoms with E-state index in [0.717, 1.165) is 11.4 Å². The summed E-state index contributed by atoms with van der Waals surface area (Å²) >= 11 is 1.58. The first kappa shape index (κ1) is 15.7. The number of likely N-dealkylation sites (tertiary alicyclic amines) is 1. The molecule has 1 aliphatic rings. The van der Waals surface area contributed by atoms with Gasteiger partial charge in [-0.05, 0) is 24.8 Å². The van der Waals surface area contributed by atoms with Crippen molar-refractivity contribution in [2.75, 3.05) is 12.4 Å². The molecule has 1 N–H and O–H groups in total. The Hall–Kier alpha value is -2.15. The Morgan fingerprint density at radius 3 is 3.00 bits per heavy atom. The van der Waals surface area contributed by atoms with Crippen LogP contribution >= 0.6 is 11.3 Å². The fourth-order valence-electron chi connectivity index (χ4n) is 3.00. The average molecular weight is 332 g/mol. The van der Waals surface area contributed by atoms with E-state index in [1.807, 2.05) is 30.6 Å². The number of nitrogens with zero attached hydrogens (tertiary/aromatic N) is 3. The van der Waals surface area contributed by atoms with Crippen molar-refractivity contribution in [3.63, 3.8) is 0 Å². The van der Waals surface area contributed by atoms with E-state index in [2.05, 4.69) is 10.4 Å². The van der Waals surface area contributed by atoms with Crippen LogP contribution in [-0.4, -0.2) is 33.5 Å². The number of carbonyl (C=O) groups excluding carboxylic acids is 2. The number of thiophene rings is 1. The third kappa shape index (κ3) is 3.14. The van der Waals surface area contributed by atoms with Crippen LogP contribution in [0, 0.1) is 5.92 Å². The summed E-state index contributed by atoms with van der Waals surface area (Å²) in [6, 6.07) is 3.74. The number of carbonyl (C=O) groups is 2. The van der Waals surface area contributed by atoms with Crippen LogP contribution < -0.4 is 5.32 Å². The average Bonchev–Trinajstić information content (AvgIpc) is 3.21. The molecule has 0 aliphatic carbocycles. The molecule has 1 aliphatic heterocycles. The molecule has 7 heteroatoms. The van der Waals surface area contributed by atoms with E-state index in [9.17, 15) is 9.59 Å². The minimum absolute atomic E-state index is 0.0570. The zero-order chi connectivity index (χ0) is 16.4. The minimum Gasteiger partial charge on any atom is -0.337 e. The molecule has 1 fully saturated rings. The second-order valence-electron chi connectivity index (χ2n) is 5.68. The summed E-state index contributed by atoms with van der Waals surface area (Å²) < 4.78 is 1.77. The van der Waals surface area contributed by atoms with Crippen LogP contribution in [-0.2, 0) is 16.1 Å². The van der Waals surface area contributed by atoms with Gasteiger partial charge in [-0.15, -0.1) is 11.3 Å². The highest BCUT2D eigenvalue weighted by molar-refractivity contribution is 7.10. The van der Waals surface area contributed by atoms with E-state index in [1.165, 1.54) is 0 Å². The normalized spacial score (nSPS) is 21.5. The number of piperidine rings is 1. The number of hydrogen-bond donors (Lipinski definition) is 1. The predicted octanol–water partition coefficient (Wildman–Crippen LogP) is 2.51. The topological polar surface area (TPSA) is 67.2 Å². The first-order valence-corrected chi connectivity index (χ1v) is 8.60. The summed E-state index contributed by atoms with van der Waals surface area (Å²) in [7, 11) is 1.78. The molecule has 3 rings (SSSR count). The smallest absolute Gasteiger partial charge is 0.230 e. The lowest BCUT2D eigenvalue weighted by molar-refractivity contribution is -0.140. The van der Waals surface area contributed by atoms with Gasteiger partial charge in [0.15, 0.2) is 0 Å². The lowest BCUT2D eigenvalue weighted by atomic mass is 9.87. The van der Waals surface area contributed by atoms with Crippen molar-refractivity contribution < 1.29 is 9.59 Å². The number of aryl methyl sites for hydroxylation is 1. The van der Waals surface area contributed by atoms with Crippen molar-refractivity contribution in [2.24, 2.45) is 5.92 Å². The molecule has 0 bridgehead atoms. The van der Waals surface area contributed by atoms with E-state index in [1.54, 1.807) is 34.2 Å². The Labute approximate surface area is 139 Å². The van der Waals surface area contributed by atoms with Crippen LogP contribution in [0.1, 0.15) is 30.7 Å². The van der Waals surface area contributed by atoms with E-state index in [-0.39, 0.29) is 23.8 Å². The second kappa shape index (κ2) is 6.54. The maximum absolute atomic E-state index is 12.7. The number of aromatic nitrogens is 2. The van der Waals surface area contributed by atoms with Crippen molar-refractivity contribution >= 4 is 28.8 Å². The summed E-state index contributed by atoms with van der Waals surface area (Å²) in [4.78, 5) is 27.5. The van der Waals surface area contributed by atoms with Crippen LogP contribution in [0.3, 0.4) is 0 Å². The van der Waals surface area contributed by atoms with Gasteiger partial charge in [-0.2, -0.15) is 5.10 Å². The number of rotatable bonds is 4. The standard InChI is InChI=1S/C16H20N4O2S/c1-3-20-10-11(9-17-20)18-16(22)12-6-7-14(21)19(2)15(12)13-5-4-8-23-13/h4-5,8-10,12,15H,3,6-7H2,1-2H3,(H,18,22)/t12-,15+/m0/s1. The first-order valence-electron chi connectivity index (χ1n) is 7.72. The fraction of sp³-hybridized carbons (Fsp3) is 0.438. The lowest BCUT2D eigenvalue weighted by Gasteiger charge is -2.37.